The van der Waals surface area contributed by atoms with E-state index in [2.05, 4.69) is 15.7 Å². The van der Waals surface area contributed by atoms with Crippen LogP contribution < -0.4 is 10.6 Å². The van der Waals surface area contributed by atoms with E-state index in [1.54, 1.807) is 17.7 Å². The molecular formula is C18H22N4O2S. The summed E-state index contributed by atoms with van der Waals surface area (Å²) >= 11 is 1.92. The topological polar surface area (TPSA) is 76.0 Å². The first kappa shape index (κ1) is 17.5. The number of thioether (sulfide) groups is 1. The average Bonchev–Trinajstić information content (AvgIpc) is 3.07. The van der Waals surface area contributed by atoms with Crippen LogP contribution in [0.5, 0.6) is 0 Å². The highest BCUT2D eigenvalue weighted by molar-refractivity contribution is 7.99. The molecule has 1 aliphatic rings. The van der Waals surface area contributed by atoms with E-state index in [1.807, 2.05) is 42.1 Å². The molecule has 0 aliphatic carbocycles. The summed E-state index contributed by atoms with van der Waals surface area (Å²) in [6.45, 7) is 1.78. The number of benzene rings is 1. The van der Waals surface area contributed by atoms with E-state index < -0.39 is 0 Å². The SMILES string of the molecule is CCC(=O)Nc1cc(C(=O)NC2CCSCC2)nn1-c1ccccc1. The van der Waals surface area contributed by atoms with Crippen LogP contribution in [0.4, 0.5) is 5.82 Å². The Balaban J connectivity index is 1.84. The normalized spacial score (nSPS) is 14.9. The van der Waals surface area contributed by atoms with Crippen molar-refractivity contribution in [2.75, 3.05) is 16.8 Å². The van der Waals surface area contributed by atoms with Crippen molar-refractivity contribution in [3.05, 3.63) is 42.1 Å². The highest BCUT2D eigenvalue weighted by Gasteiger charge is 2.21. The Morgan fingerprint density at radius 1 is 1.24 bits per heavy atom. The Hall–Kier alpha value is -2.28. The third-order valence-electron chi connectivity index (χ3n) is 4.09. The summed E-state index contributed by atoms with van der Waals surface area (Å²) in [6, 6.07) is 11.3. The Morgan fingerprint density at radius 2 is 1.96 bits per heavy atom. The van der Waals surface area contributed by atoms with Crippen LogP contribution in [0.3, 0.4) is 0 Å². The molecule has 1 fully saturated rings. The molecule has 0 saturated carbocycles. The van der Waals surface area contributed by atoms with Gasteiger partial charge in [-0.25, -0.2) is 4.68 Å². The zero-order chi connectivity index (χ0) is 17.6. The number of nitrogens with zero attached hydrogens (tertiary/aromatic N) is 2. The third kappa shape index (κ3) is 4.42. The number of rotatable bonds is 5. The van der Waals surface area contributed by atoms with Gasteiger partial charge in [0.1, 0.15) is 5.82 Å². The summed E-state index contributed by atoms with van der Waals surface area (Å²) in [7, 11) is 0. The number of carbonyl (C=O) groups excluding carboxylic acids is 2. The number of carbonyl (C=O) groups is 2. The fourth-order valence-corrected chi connectivity index (χ4v) is 3.79. The van der Waals surface area contributed by atoms with Gasteiger partial charge in [0.05, 0.1) is 5.69 Å². The van der Waals surface area contributed by atoms with Gasteiger partial charge in [0.25, 0.3) is 5.91 Å². The summed E-state index contributed by atoms with van der Waals surface area (Å²) in [4.78, 5) is 24.4. The highest BCUT2D eigenvalue weighted by atomic mass is 32.2. The van der Waals surface area contributed by atoms with Crippen molar-refractivity contribution in [3.8, 4) is 5.69 Å². The zero-order valence-corrected chi connectivity index (χ0v) is 15.0. The minimum atomic E-state index is -0.196. The van der Waals surface area contributed by atoms with Gasteiger partial charge in [-0.2, -0.15) is 16.9 Å². The summed E-state index contributed by atoms with van der Waals surface area (Å²) in [6.07, 6.45) is 2.33. The van der Waals surface area contributed by atoms with Crippen LogP contribution in [-0.4, -0.2) is 39.1 Å². The Morgan fingerprint density at radius 3 is 2.64 bits per heavy atom. The number of anilines is 1. The molecule has 1 aromatic heterocycles. The predicted octanol–water partition coefficient (Wildman–Crippen LogP) is 2.85. The van der Waals surface area contributed by atoms with Crippen molar-refractivity contribution in [1.82, 2.24) is 15.1 Å². The van der Waals surface area contributed by atoms with Crippen LogP contribution in [0.25, 0.3) is 5.69 Å². The van der Waals surface area contributed by atoms with Gasteiger partial charge in [0.2, 0.25) is 5.91 Å². The molecule has 1 aliphatic heterocycles. The van der Waals surface area contributed by atoms with Crippen LogP contribution in [0.2, 0.25) is 0 Å². The zero-order valence-electron chi connectivity index (χ0n) is 14.2. The minimum Gasteiger partial charge on any atom is -0.348 e. The number of hydrogen-bond donors (Lipinski definition) is 2. The largest absolute Gasteiger partial charge is 0.348 e. The Bertz CT molecular complexity index is 739. The van der Waals surface area contributed by atoms with Gasteiger partial charge >= 0.3 is 0 Å². The quantitative estimate of drug-likeness (QED) is 0.862. The van der Waals surface area contributed by atoms with Gasteiger partial charge in [-0.1, -0.05) is 25.1 Å². The smallest absolute Gasteiger partial charge is 0.272 e. The van der Waals surface area contributed by atoms with E-state index in [-0.39, 0.29) is 17.9 Å². The van der Waals surface area contributed by atoms with Crippen LogP contribution in [-0.2, 0) is 4.79 Å². The van der Waals surface area contributed by atoms with Gasteiger partial charge in [-0.15, -0.1) is 0 Å². The number of nitrogens with one attached hydrogen (secondary N) is 2. The molecule has 0 radical (unpaired) electrons. The van der Waals surface area contributed by atoms with E-state index >= 15 is 0 Å². The second-order valence-electron chi connectivity index (χ2n) is 5.92. The minimum absolute atomic E-state index is 0.117. The fraction of sp³-hybridized carbons (Fsp3) is 0.389. The monoisotopic (exact) mass is 358 g/mol. The molecule has 2 amide bonds. The van der Waals surface area contributed by atoms with Crippen molar-refractivity contribution >= 4 is 29.4 Å². The molecule has 132 valence electrons. The summed E-state index contributed by atoms with van der Waals surface area (Å²) in [5, 5.41) is 10.3. The molecular weight excluding hydrogens is 336 g/mol. The van der Waals surface area contributed by atoms with E-state index in [0.29, 0.717) is 17.9 Å². The summed E-state index contributed by atoms with van der Waals surface area (Å²) < 4.78 is 1.60. The van der Waals surface area contributed by atoms with Crippen molar-refractivity contribution in [1.29, 1.82) is 0 Å². The van der Waals surface area contributed by atoms with Gasteiger partial charge in [-0.05, 0) is 36.5 Å². The van der Waals surface area contributed by atoms with Gasteiger partial charge < -0.3 is 10.6 Å². The highest BCUT2D eigenvalue weighted by Crippen LogP contribution is 2.20. The molecule has 1 saturated heterocycles. The Labute approximate surface area is 151 Å². The number of hydrogen-bond acceptors (Lipinski definition) is 4. The standard InChI is InChI=1S/C18H22N4O2S/c1-2-17(23)20-16-12-15(18(24)19-13-8-10-25-11-9-13)21-22(16)14-6-4-3-5-7-14/h3-7,12-13H,2,8-11H2,1H3,(H,19,24)(H,20,23). The van der Waals surface area contributed by atoms with Gasteiger partial charge in [0, 0.05) is 18.5 Å². The second kappa shape index (κ2) is 8.20. The molecule has 2 heterocycles. The summed E-state index contributed by atoms with van der Waals surface area (Å²) in [5.74, 6) is 2.33. The third-order valence-corrected chi connectivity index (χ3v) is 5.14. The first-order valence-corrected chi connectivity index (χ1v) is 9.66. The van der Waals surface area contributed by atoms with Crippen LogP contribution >= 0.6 is 11.8 Å². The summed E-state index contributed by atoms with van der Waals surface area (Å²) in [5.41, 5.74) is 1.11. The first-order chi connectivity index (χ1) is 12.2. The lowest BCUT2D eigenvalue weighted by Gasteiger charge is -2.21. The average molecular weight is 358 g/mol. The molecule has 0 unspecified atom stereocenters. The molecule has 1 aromatic carbocycles. The number of para-hydroxylation sites is 1. The van der Waals surface area contributed by atoms with E-state index in [1.165, 1.54) is 0 Å². The molecule has 0 atom stereocenters. The molecule has 2 aromatic rings. The molecule has 25 heavy (non-hydrogen) atoms. The molecule has 3 rings (SSSR count). The van der Waals surface area contributed by atoms with Crippen molar-refractivity contribution in [2.24, 2.45) is 0 Å². The maximum Gasteiger partial charge on any atom is 0.272 e. The van der Waals surface area contributed by atoms with E-state index in [0.717, 1.165) is 30.0 Å². The van der Waals surface area contributed by atoms with Crippen LogP contribution in [0, 0.1) is 0 Å². The van der Waals surface area contributed by atoms with Crippen molar-refractivity contribution in [3.63, 3.8) is 0 Å². The lowest BCUT2D eigenvalue weighted by atomic mass is 10.1. The Kier molecular flexibility index (Phi) is 5.75. The second-order valence-corrected chi connectivity index (χ2v) is 7.15. The van der Waals surface area contributed by atoms with E-state index in [9.17, 15) is 9.59 Å². The van der Waals surface area contributed by atoms with Gasteiger partial charge in [-0.3, -0.25) is 9.59 Å². The maximum absolute atomic E-state index is 12.6. The first-order valence-electron chi connectivity index (χ1n) is 8.51. The predicted molar refractivity (Wildman–Crippen MR) is 100 cm³/mol. The lowest BCUT2D eigenvalue weighted by Crippen LogP contribution is -2.37. The number of amides is 2. The number of aromatic nitrogens is 2. The van der Waals surface area contributed by atoms with Crippen LogP contribution in [0.15, 0.2) is 36.4 Å². The molecule has 7 heteroatoms. The van der Waals surface area contributed by atoms with Gasteiger partial charge in [0.15, 0.2) is 5.69 Å². The van der Waals surface area contributed by atoms with Crippen molar-refractivity contribution < 1.29 is 9.59 Å². The molecule has 2 N–H and O–H groups in total. The molecule has 0 spiro atoms. The fourth-order valence-electron chi connectivity index (χ4n) is 2.68. The van der Waals surface area contributed by atoms with Crippen LogP contribution in [0.1, 0.15) is 36.7 Å². The van der Waals surface area contributed by atoms with Crippen molar-refractivity contribution in [2.45, 2.75) is 32.2 Å². The molecule has 6 nitrogen and oxygen atoms in total. The molecule has 0 bridgehead atoms. The maximum atomic E-state index is 12.6. The van der Waals surface area contributed by atoms with E-state index in [4.69, 9.17) is 0 Å². The lowest BCUT2D eigenvalue weighted by molar-refractivity contribution is -0.115.